The van der Waals surface area contributed by atoms with Crippen LogP contribution in [0.5, 0.6) is 0 Å². The van der Waals surface area contributed by atoms with Crippen molar-refractivity contribution in [1.29, 1.82) is 0 Å². The highest BCUT2D eigenvalue weighted by molar-refractivity contribution is 7.13. The van der Waals surface area contributed by atoms with E-state index in [1.165, 1.54) is 0 Å². The van der Waals surface area contributed by atoms with Gasteiger partial charge in [-0.3, -0.25) is 9.59 Å². The molecule has 0 aliphatic heterocycles. The molecule has 0 spiro atoms. The molecule has 6 heteroatoms. The summed E-state index contributed by atoms with van der Waals surface area (Å²) >= 11 is 1.60. The molecular formula is C24H19N3O2S. The molecule has 1 heterocycles. The maximum Gasteiger partial charge on any atom is 0.251 e. The van der Waals surface area contributed by atoms with E-state index >= 15 is 0 Å². The van der Waals surface area contributed by atoms with Crippen LogP contribution in [0.2, 0.25) is 0 Å². The summed E-state index contributed by atoms with van der Waals surface area (Å²) in [5.41, 5.74) is 4.15. The Morgan fingerprint density at radius 3 is 2.17 bits per heavy atom. The summed E-state index contributed by atoms with van der Waals surface area (Å²) in [7, 11) is 0. The zero-order valence-corrected chi connectivity index (χ0v) is 16.9. The van der Waals surface area contributed by atoms with Gasteiger partial charge in [-0.25, -0.2) is 4.98 Å². The monoisotopic (exact) mass is 413 g/mol. The van der Waals surface area contributed by atoms with E-state index in [-0.39, 0.29) is 18.4 Å². The van der Waals surface area contributed by atoms with Crippen LogP contribution in [0.25, 0.3) is 21.8 Å². The molecule has 0 fully saturated rings. The van der Waals surface area contributed by atoms with E-state index in [4.69, 9.17) is 4.98 Å². The first-order valence-electron chi connectivity index (χ1n) is 9.43. The molecule has 1 aromatic heterocycles. The molecule has 0 saturated carbocycles. The van der Waals surface area contributed by atoms with Gasteiger partial charge in [-0.05, 0) is 24.3 Å². The van der Waals surface area contributed by atoms with Gasteiger partial charge in [0.15, 0.2) is 0 Å². The van der Waals surface area contributed by atoms with Gasteiger partial charge >= 0.3 is 0 Å². The van der Waals surface area contributed by atoms with Crippen molar-refractivity contribution < 1.29 is 9.59 Å². The molecule has 0 bridgehead atoms. The maximum atomic E-state index is 12.1. The van der Waals surface area contributed by atoms with Crippen molar-refractivity contribution in [3.05, 3.63) is 95.9 Å². The Labute approximate surface area is 178 Å². The molecule has 4 rings (SSSR count). The van der Waals surface area contributed by atoms with E-state index in [1.54, 1.807) is 35.6 Å². The lowest BCUT2D eigenvalue weighted by atomic mass is 10.1. The van der Waals surface area contributed by atoms with Crippen LogP contribution in [0, 0.1) is 0 Å². The number of nitrogens with one attached hydrogen (secondary N) is 2. The standard InChI is InChI=1S/C24H19N3O2S/c28-22(15-25-23(29)18-7-3-1-4-8-18)26-20-13-11-17(12-14-20)21-16-30-24(27-21)19-9-5-2-6-10-19/h1-14,16H,15H2,(H,25,29)(H,26,28). The van der Waals surface area contributed by atoms with E-state index in [0.29, 0.717) is 11.3 Å². The van der Waals surface area contributed by atoms with Crippen molar-refractivity contribution in [1.82, 2.24) is 10.3 Å². The quantitative estimate of drug-likeness (QED) is 0.475. The van der Waals surface area contributed by atoms with Gasteiger partial charge in [-0.1, -0.05) is 60.7 Å². The van der Waals surface area contributed by atoms with E-state index in [1.807, 2.05) is 66.0 Å². The molecule has 3 aromatic carbocycles. The zero-order chi connectivity index (χ0) is 20.8. The molecule has 148 valence electrons. The Morgan fingerprint density at radius 1 is 0.800 bits per heavy atom. The minimum atomic E-state index is -0.285. The second kappa shape index (κ2) is 9.15. The molecule has 0 saturated heterocycles. The largest absolute Gasteiger partial charge is 0.343 e. The molecule has 0 atom stereocenters. The first kappa shape index (κ1) is 19.5. The maximum absolute atomic E-state index is 12.1. The fourth-order valence-corrected chi connectivity index (χ4v) is 3.74. The van der Waals surface area contributed by atoms with Gasteiger partial charge in [0.1, 0.15) is 5.01 Å². The Hall–Kier alpha value is -3.77. The molecular weight excluding hydrogens is 394 g/mol. The minimum Gasteiger partial charge on any atom is -0.343 e. The van der Waals surface area contributed by atoms with Gasteiger partial charge < -0.3 is 10.6 Å². The predicted octanol–water partition coefficient (Wildman–Crippen LogP) is 4.85. The number of benzene rings is 3. The van der Waals surface area contributed by atoms with E-state index in [9.17, 15) is 9.59 Å². The van der Waals surface area contributed by atoms with E-state index in [0.717, 1.165) is 21.8 Å². The summed E-state index contributed by atoms with van der Waals surface area (Å²) in [6, 6.07) is 26.3. The molecule has 30 heavy (non-hydrogen) atoms. The van der Waals surface area contributed by atoms with Crippen molar-refractivity contribution in [2.24, 2.45) is 0 Å². The van der Waals surface area contributed by atoms with Crippen molar-refractivity contribution in [3.8, 4) is 21.8 Å². The van der Waals surface area contributed by atoms with Gasteiger partial charge in [-0.2, -0.15) is 0 Å². The van der Waals surface area contributed by atoms with E-state index < -0.39 is 0 Å². The van der Waals surface area contributed by atoms with Crippen LogP contribution in [0.15, 0.2) is 90.3 Å². The first-order valence-corrected chi connectivity index (χ1v) is 10.3. The van der Waals surface area contributed by atoms with Gasteiger partial charge in [0, 0.05) is 27.8 Å². The number of thiazole rings is 1. The number of amides is 2. The van der Waals surface area contributed by atoms with Gasteiger partial charge in [0.2, 0.25) is 5.91 Å². The number of carbonyl (C=O) groups excluding carboxylic acids is 2. The molecule has 0 aliphatic carbocycles. The molecule has 4 aromatic rings. The third-order valence-corrected chi connectivity index (χ3v) is 5.33. The molecule has 0 unspecified atom stereocenters. The summed E-state index contributed by atoms with van der Waals surface area (Å²) < 4.78 is 0. The molecule has 0 radical (unpaired) electrons. The average Bonchev–Trinajstić information content (AvgIpc) is 3.29. The number of carbonyl (C=O) groups is 2. The van der Waals surface area contributed by atoms with Crippen molar-refractivity contribution in [2.75, 3.05) is 11.9 Å². The summed E-state index contributed by atoms with van der Waals surface area (Å²) in [4.78, 5) is 28.8. The van der Waals surface area contributed by atoms with E-state index in [2.05, 4.69) is 10.6 Å². The zero-order valence-electron chi connectivity index (χ0n) is 16.0. The second-order valence-corrected chi connectivity index (χ2v) is 7.44. The van der Waals surface area contributed by atoms with Crippen LogP contribution >= 0.6 is 11.3 Å². The number of rotatable bonds is 6. The summed E-state index contributed by atoms with van der Waals surface area (Å²) in [6.45, 7) is -0.0952. The average molecular weight is 414 g/mol. The highest BCUT2D eigenvalue weighted by Gasteiger charge is 2.09. The second-order valence-electron chi connectivity index (χ2n) is 6.58. The normalized spacial score (nSPS) is 10.4. The fourth-order valence-electron chi connectivity index (χ4n) is 2.90. The summed E-state index contributed by atoms with van der Waals surface area (Å²) in [5, 5.41) is 8.39. The number of hydrogen-bond acceptors (Lipinski definition) is 4. The SMILES string of the molecule is O=C(CNC(=O)c1ccccc1)Nc1ccc(-c2csc(-c3ccccc3)n2)cc1. The molecule has 2 N–H and O–H groups in total. The van der Waals surface area contributed by atoms with Gasteiger partial charge in [-0.15, -0.1) is 11.3 Å². The van der Waals surface area contributed by atoms with Gasteiger partial charge in [0.25, 0.3) is 5.91 Å². The Balaban J connectivity index is 1.34. The lowest BCUT2D eigenvalue weighted by Crippen LogP contribution is -2.32. The predicted molar refractivity (Wildman–Crippen MR) is 120 cm³/mol. The third-order valence-electron chi connectivity index (χ3n) is 4.43. The Kier molecular flexibility index (Phi) is 5.96. The summed E-state index contributed by atoms with van der Waals surface area (Å²) in [5.74, 6) is -0.564. The molecule has 0 aliphatic rings. The number of hydrogen-bond donors (Lipinski definition) is 2. The minimum absolute atomic E-state index is 0.0952. The van der Waals surface area contributed by atoms with Crippen LogP contribution < -0.4 is 10.6 Å². The summed E-state index contributed by atoms with van der Waals surface area (Å²) in [6.07, 6.45) is 0. The lowest BCUT2D eigenvalue weighted by Gasteiger charge is -2.07. The fraction of sp³-hybridized carbons (Fsp3) is 0.0417. The Bertz CT molecular complexity index is 1140. The van der Waals surface area contributed by atoms with Gasteiger partial charge in [0.05, 0.1) is 12.2 Å². The number of nitrogens with zero attached hydrogens (tertiary/aromatic N) is 1. The molecule has 5 nitrogen and oxygen atoms in total. The van der Waals surface area contributed by atoms with Crippen LogP contribution in [0.3, 0.4) is 0 Å². The first-order chi connectivity index (χ1) is 14.7. The third kappa shape index (κ3) is 4.79. The Morgan fingerprint density at radius 2 is 1.47 bits per heavy atom. The van der Waals surface area contributed by atoms with Crippen molar-refractivity contribution in [3.63, 3.8) is 0 Å². The highest BCUT2D eigenvalue weighted by Crippen LogP contribution is 2.29. The lowest BCUT2D eigenvalue weighted by molar-refractivity contribution is -0.115. The topological polar surface area (TPSA) is 71.1 Å². The van der Waals surface area contributed by atoms with Crippen molar-refractivity contribution in [2.45, 2.75) is 0 Å². The molecule has 2 amide bonds. The van der Waals surface area contributed by atoms with Crippen molar-refractivity contribution >= 4 is 28.8 Å². The van der Waals surface area contributed by atoms with Crippen LogP contribution in [0.1, 0.15) is 10.4 Å². The van der Waals surface area contributed by atoms with Crippen LogP contribution in [-0.2, 0) is 4.79 Å². The van der Waals surface area contributed by atoms with Crippen LogP contribution in [-0.4, -0.2) is 23.3 Å². The smallest absolute Gasteiger partial charge is 0.251 e. The van der Waals surface area contributed by atoms with Crippen LogP contribution in [0.4, 0.5) is 5.69 Å². The number of aromatic nitrogens is 1. The highest BCUT2D eigenvalue weighted by atomic mass is 32.1. The number of anilines is 1.